The third-order valence-electron chi connectivity index (χ3n) is 3.71. The van der Waals surface area contributed by atoms with E-state index in [4.69, 9.17) is 5.41 Å². The summed E-state index contributed by atoms with van der Waals surface area (Å²) >= 11 is 0. The average molecular weight is 328 g/mol. The zero-order valence-electron chi connectivity index (χ0n) is 14.2. The Bertz CT molecular complexity index is 769. The Morgan fingerprint density at radius 1 is 1.25 bits per heavy atom. The average Bonchev–Trinajstić information content (AvgIpc) is 2.54. The van der Waals surface area contributed by atoms with Gasteiger partial charge in [-0.05, 0) is 30.5 Å². The lowest BCUT2D eigenvalue weighted by atomic mass is 10.0. The minimum atomic E-state index is -0.752. The molecule has 0 radical (unpaired) electrons. The van der Waals surface area contributed by atoms with Gasteiger partial charge < -0.3 is 16.0 Å². The monoisotopic (exact) mass is 328 g/mol. The molecule has 0 bridgehead atoms. The van der Waals surface area contributed by atoms with Crippen LogP contribution < -0.4 is 10.6 Å². The summed E-state index contributed by atoms with van der Waals surface area (Å²) in [6.07, 6.45) is 1.17. The summed E-state index contributed by atoms with van der Waals surface area (Å²) in [5, 5.41) is 13.1. The summed E-state index contributed by atoms with van der Waals surface area (Å²) in [5.41, 5.74) is 1.54. The highest BCUT2D eigenvalue weighted by atomic mass is 19.1. The highest BCUT2D eigenvalue weighted by molar-refractivity contribution is 6.08. The molecule has 2 rings (SSSR count). The van der Waals surface area contributed by atoms with E-state index in [9.17, 15) is 9.18 Å². The van der Waals surface area contributed by atoms with E-state index in [0.29, 0.717) is 11.6 Å². The smallest absolute Gasteiger partial charge is 0.260 e. The second-order valence-corrected chi connectivity index (χ2v) is 5.82. The van der Waals surface area contributed by atoms with Crippen LogP contribution in [0.3, 0.4) is 0 Å². The maximum Gasteiger partial charge on any atom is 0.260 e. The Balaban J connectivity index is 2.30. The van der Waals surface area contributed by atoms with Crippen LogP contribution in [0.5, 0.6) is 0 Å². The Morgan fingerprint density at radius 2 is 1.88 bits per heavy atom. The van der Waals surface area contributed by atoms with Crippen LogP contribution in [-0.4, -0.2) is 23.7 Å². The molecule has 0 unspecified atom stereocenters. The molecule has 1 aromatic heterocycles. The summed E-state index contributed by atoms with van der Waals surface area (Å²) < 4.78 is 14.6. The molecule has 3 N–H and O–H groups in total. The van der Waals surface area contributed by atoms with Crippen molar-refractivity contribution in [1.29, 1.82) is 5.41 Å². The molecule has 1 heterocycles. The van der Waals surface area contributed by atoms with Crippen LogP contribution in [0.1, 0.15) is 48.2 Å². The van der Waals surface area contributed by atoms with Crippen LogP contribution in [0.4, 0.5) is 15.9 Å². The topological polar surface area (TPSA) is 77.9 Å². The Hall–Kier alpha value is -2.76. The first-order chi connectivity index (χ1) is 11.3. The molecular weight excluding hydrogens is 307 g/mol. The molecule has 24 heavy (non-hydrogen) atoms. The largest absolute Gasteiger partial charge is 0.373 e. The van der Waals surface area contributed by atoms with Crippen molar-refractivity contribution < 1.29 is 9.18 Å². The number of anilines is 2. The predicted molar refractivity (Wildman–Crippen MR) is 94.7 cm³/mol. The van der Waals surface area contributed by atoms with Gasteiger partial charge in [0.15, 0.2) is 0 Å². The van der Waals surface area contributed by atoms with Gasteiger partial charge in [-0.1, -0.05) is 26.0 Å². The van der Waals surface area contributed by atoms with Crippen LogP contribution >= 0.6 is 0 Å². The number of halogens is 1. The number of carbonyl (C=O) groups is 1. The van der Waals surface area contributed by atoms with E-state index < -0.39 is 11.7 Å². The van der Waals surface area contributed by atoms with Gasteiger partial charge in [-0.2, -0.15) is 0 Å². The summed E-state index contributed by atoms with van der Waals surface area (Å²) in [6.45, 7) is 5.62. The molecule has 0 saturated heterocycles. The first-order valence-corrected chi connectivity index (χ1v) is 7.68. The number of nitrogens with zero attached hydrogens (tertiary/aromatic N) is 1. The van der Waals surface area contributed by atoms with Crippen molar-refractivity contribution in [2.24, 2.45) is 0 Å². The molecule has 6 heteroatoms. The van der Waals surface area contributed by atoms with Gasteiger partial charge >= 0.3 is 0 Å². The third-order valence-corrected chi connectivity index (χ3v) is 3.71. The molecule has 5 nitrogen and oxygen atoms in total. The summed E-state index contributed by atoms with van der Waals surface area (Å²) in [6, 6.07) is 7.41. The molecule has 0 aliphatic carbocycles. The molecule has 0 aliphatic heterocycles. The maximum absolute atomic E-state index is 14.6. The fourth-order valence-corrected chi connectivity index (χ4v) is 2.33. The number of aromatic nitrogens is 1. The van der Waals surface area contributed by atoms with Crippen molar-refractivity contribution >= 4 is 23.1 Å². The van der Waals surface area contributed by atoms with Crippen LogP contribution in [0.25, 0.3) is 0 Å². The lowest BCUT2D eigenvalue weighted by molar-refractivity contribution is 0.102. The first-order valence-electron chi connectivity index (χ1n) is 7.68. The van der Waals surface area contributed by atoms with E-state index in [1.54, 1.807) is 19.2 Å². The van der Waals surface area contributed by atoms with Crippen LogP contribution in [0.15, 0.2) is 30.5 Å². The minimum absolute atomic E-state index is 0.000265. The lowest BCUT2D eigenvalue weighted by Crippen LogP contribution is -2.17. The number of hydrogen-bond acceptors (Lipinski definition) is 4. The number of rotatable bonds is 5. The molecular formula is C18H21FN4O. The highest BCUT2D eigenvalue weighted by Crippen LogP contribution is 2.22. The van der Waals surface area contributed by atoms with E-state index >= 15 is 0 Å². The highest BCUT2D eigenvalue weighted by Gasteiger charge is 2.20. The minimum Gasteiger partial charge on any atom is -0.373 e. The number of amides is 1. The number of pyridine rings is 1. The van der Waals surface area contributed by atoms with Crippen molar-refractivity contribution in [1.82, 2.24) is 4.98 Å². The summed E-state index contributed by atoms with van der Waals surface area (Å²) in [5.74, 6) is -0.720. The van der Waals surface area contributed by atoms with Crippen LogP contribution in [0, 0.1) is 11.2 Å². The zero-order valence-corrected chi connectivity index (χ0v) is 14.2. The molecule has 0 saturated carbocycles. The molecule has 126 valence electrons. The van der Waals surface area contributed by atoms with Crippen LogP contribution in [0.2, 0.25) is 0 Å². The zero-order chi connectivity index (χ0) is 17.9. The second-order valence-electron chi connectivity index (χ2n) is 5.82. The third kappa shape index (κ3) is 3.59. The van der Waals surface area contributed by atoms with Crippen molar-refractivity contribution in [2.75, 3.05) is 17.7 Å². The number of nitrogens with one attached hydrogen (secondary N) is 3. The summed E-state index contributed by atoms with van der Waals surface area (Å²) in [4.78, 5) is 16.4. The standard InChI is InChI=1S/C18H21FN4O/c1-10(2)12-5-7-13(8-6-12)23-18(24)14-9-22-17(21-4)15(11(3)20)16(14)19/h5-10,20H,1-4H3,(H,21,22)(H,23,24). The molecule has 1 aromatic carbocycles. The second kappa shape index (κ2) is 7.21. The number of hydrogen-bond donors (Lipinski definition) is 3. The number of carbonyl (C=O) groups excluding carboxylic acids is 1. The molecule has 0 fully saturated rings. The molecule has 1 amide bonds. The fourth-order valence-electron chi connectivity index (χ4n) is 2.33. The van der Waals surface area contributed by atoms with Gasteiger partial charge in [0, 0.05) is 24.6 Å². The van der Waals surface area contributed by atoms with E-state index in [2.05, 4.69) is 29.5 Å². The van der Waals surface area contributed by atoms with E-state index in [1.165, 1.54) is 13.1 Å². The van der Waals surface area contributed by atoms with Crippen molar-refractivity contribution in [3.8, 4) is 0 Å². The van der Waals surface area contributed by atoms with Gasteiger partial charge in [0.1, 0.15) is 11.6 Å². The normalized spacial score (nSPS) is 10.6. The van der Waals surface area contributed by atoms with E-state index in [0.717, 1.165) is 5.56 Å². The van der Waals surface area contributed by atoms with Crippen molar-refractivity contribution in [3.05, 3.63) is 53.0 Å². The molecule has 0 aliphatic rings. The molecule has 0 spiro atoms. The van der Waals surface area contributed by atoms with Crippen LogP contribution in [-0.2, 0) is 0 Å². The maximum atomic E-state index is 14.6. The Morgan fingerprint density at radius 3 is 2.38 bits per heavy atom. The van der Waals surface area contributed by atoms with Gasteiger partial charge in [0.2, 0.25) is 0 Å². The first kappa shape index (κ1) is 17.6. The SMILES string of the molecule is CNc1ncc(C(=O)Nc2ccc(C(C)C)cc2)c(F)c1C(C)=N. The van der Waals surface area contributed by atoms with Crippen molar-refractivity contribution in [2.45, 2.75) is 26.7 Å². The molecule has 0 atom stereocenters. The summed E-state index contributed by atoms with van der Waals surface area (Å²) in [7, 11) is 1.59. The fraction of sp³-hybridized carbons (Fsp3) is 0.278. The van der Waals surface area contributed by atoms with Gasteiger partial charge in [0.05, 0.1) is 11.1 Å². The number of benzene rings is 1. The van der Waals surface area contributed by atoms with Gasteiger partial charge in [0.25, 0.3) is 5.91 Å². The predicted octanol–water partition coefficient (Wildman–Crippen LogP) is 4.03. The van der Waals surface area contributed by atoms with Gasteiger partial charge in [-0.15, -0.1) is 0 Å². The van der Waals surface area contributed by atoms with E-state index in [-0.39, 0.29) is 22.7 Å². The van der Waals surface area contributed by atoms with E-state index in [1.807, 2.05) is 12.1 Å². The lowest BCUT2D eigenvalue weighted by Gasteiger charge is -2.12. The quantitative estimate of drug-likeness (QED) is 0.725. The van der Waals surface area contributed by atoms with Crippen molar-refractivity contribution in [3.63, 3.8) is 0 Å². The Kier molecular flexibility index (Phi) is 5.28. The Labute approximate surface area is 140 Å². The molecule has 2 aromatic rings. The van der Waals surface area contributed by atoms with Gasteiger partial charge in [-0.25, -0.2) is 9.37 Å². The van der Waals surface area contributed by atoms with Gasteiger partial charge in [-0.3, -0.25) is 4.79 Å².